The van der Waals surface area contributed by atoms with Gasteiger partial charge < -0.3 is 19.2 Å². The Morgan fingerprint density at radius 3 is 2.55 bits per heavy atom. The van der Waals surface area contributed by atoms with Crippen molar-refractivity contribution in [2.75, 3.05) is 33.4 Å². The van der Waals surface area contributed by atoms with Crippen LogP contribution in [0.2, 0.25) is 0 Å². The average molecular weight is 394 g/mol. The highest BCUT2D eigenvalue weighted by atomic mass is 16.5. The summed E-state index contributed by atoms with van der Waals surface area (Å²) in [4.78, 5) is 15.1. The van der Waals surface area contributed by atoms with Gasteiger partial charge >= 0.3 is 0 Å². The molecule has 0 spiro atoms. The number of carbonyl (C=O) groups is 1. The van der Waals surface area contributed by atoms with E-state index in [1.54, 1.807) is 7.11 Å². The van der Waals surface area contributed by atoms with Crippen LogP contribution in [0.3, 0.4) is 0 Å². The van der Waals surface area contributed by atoms with Gasteiger partial charge in [0.05, 0.1) is 19.8 Å². The van der Waals surface area contributed by atoms with Crippen molar-refractivity contribution in [2.24, 2.45) is 0 Å². The molecule has 2 heterocycles. The fraction of sp³-hybridized carbons (Fsp3) is 0.348. The summed E-state index contributed by atoms with van der Waals surface area (Å²) in [5.74, 6) is 0.0858. The van der Waals surface area contributed by atoms with E-state index in [-0.39, 0.29) is 5.91 Å². The third kappa shape index (κ3) is 4.67. The molecule has 1 fully saturated rings. The van der Waals surface area contributed by atoms with Crippen LogP contribution in [-0.2, 0) is 29.2 Å². The Kier molecular flexibility index (Phi) is 6.24. The highest BCUT2D eigenvalue weighted by Crippen LogP contribution is 2.26. The van der Waals surface area contributed by atoms with Crippen molar-refractivity contribution in [3.63, 3.8) is 0 Å². The number of ether oxygens (including phenoxy) is 2. The quantitative estimate of drug-likeness (QED) is 0.666. The molecule has 1 aromatic heterocycles. The van der Waals surface area contributed by atoms with Gasteiger partial charge in [-0.3, -0.25) is 9.69 Å². The molecule has 6 nitrogen and oxygen atoms in total. The fourth-order valence-electron chi connectivity index (χ4n) is 3.61. The lowest BCUT2D eigenvalue weighted by molar-refractivity contribution is 0.0342. The van der Waals surface area contributed by atoms with Gasteiger partial charge in [-0.1, -0.05) is 42.5 Å². The van der Waals surface area contributed by atoms with E-state index in [0.29, 0.717) is 24.5 Å². The van der Waals surface area contributed by atoms with E-state index in [4.69, 9.17) is 13.9 Å². The Morgan fingerprint density at radius 1 is 1.07 bits per heavy atom. The van der Waals surface area contributed by atoms with Gasteiger partial charge in [-0.2, -0.15) is 0 Å². The molecule has 0 bridgehead atoms. The molecular weight excluding hydrogens is 368 g/mol. The first-order valence-electron chi connectivity index (χ1n) is 9.90. The van der Waals surface area contributed by atoms with E-state index in [0.717, 1.165) is 49.4 Å². The lowest BCUT2D eigenvalue weighted by atomic mass is 10.1. The number of furan rings is 1. The summed E-state index contributed by atoms with van der Waals surface area (Å²) in [6, 6.07) is 16.0. The van der Waals surface area contributed by atoms with Gasteiger partial charge in [0.15, 0.2) is 5.76 Å². The van der Waals surface area contributed by atoms with Crippen LogP contribution in [0.1, 0.15) is 27.2 Å². The number of amides is 1. The molecule has 6 heteroatoms. The molecule has 4 rings (SSSR count). The summed E-state index contributed by atoms with van der Waals surface area (Å²) >= 11 is 0. The molecule has 1 N–H and O–H groups in total. The second-order valence-electron chi connectivity index (χ2n) is 7.23. The van der Waals surface area contributed by atoms with Crippen LogP contribution in [-0.4, -0.2) is 44.2 Å². The molecular formula is C23H26N2O4. The molecule has 152 valence electrons. The smallest absolute Gasteiger partial charge is 0.287 e. The molecule has 2 aromatic carbocycles. The van der Waals surface area contributed by atoms with E-state index < -0.39 is 0 Å². The normalized spacial score (nSPS) is 14.9. The van der Waals surface area contributed by atoms with Crippen LogP contribution >= 0.6 is 0 Å². The second-order valence-corrected chi connectivity index (χ2v) is 7.23. The minimum absolute atomic E-state index is 0.231. The van der Waals surface area contributed by atoms with Crippen molar-refractivity contribution in [3.8, 4) is 0 Å². The lowest BCUT2D eigenvalue weighted by Gasteiger charge is -2.26. The summed E-state index contributed by atoms with van der Waals surface area (Å²) in [7, 11) is 1.61. The van der Waals surface area contributed by atoms with Gasteiger partial charge in [-0.15, -0.1) is 0 Å². The molecule has 29 heavy (non-hydrogen) atoms. The van der Waals surface area contributed by atoms with Gasteiger partial charge in [0.1, 0.15) is 5.58 Å². The maximum atomic E-state index is 12.7. The fourth-order valence-corrected chi connectivity index (χ4v) is 3.61. The number of para-hydroxylation sites is 1. The number of nitrogens with one attached hydrogen (secondary N) is 1. The minimum atomic E-state index is -0.231. The van der Waals surface area contributed by atoms with Gasteiger partial charge in [-0.25, -0.2) is 0 Å². The first kappa shape index (κ1) is 19.6. The number of morpholine rings is 1. The Labute approximate surface area is 170 Å². The van der Waals surface area contributed by atoms with E-state index >= 15 is 0 Å². The number of fused-ring (bicyclic) bond motifs is 1. The molecule has 1 aliphatic rings. The summed E-state index contributed by atoms with van der Waals surface area (Å²) in [6.07, 6.45) is 0. The Balaban J connectivity index is 1.39. The van der Waals surface area contributed by atoms with Crippen LogP contribution in [0, 0.1) is 0 Å². The number of hydrogen-bond donors (Lipinski definition) is 1. The predicted molar refractivity (Wildman–Crippen MR) is 111 cm³/mol. The molecule has 0 atom stereocenters. The Bertz CT molecular complexity index is 959. The topological polar surface area (TPSA) is 63.9 Å². The molecule has 3 aromatic rings. The zero-order valence-corrected chi connectivity index (χ0v) is 16.6. The number of nitrogens with zero attached hydrogens (tertiary/aromatic N) is 1. The maximum absolute atomic E-state index is 12.7. The van der Waals surface area contributed by atoms with Gasteiger partial charge in [0.2, 0.25) is 0 Å². The lowest BCUT2D eigenvalue weighted by Crippen LogP contribution is -2.35. The molecule has 1 aliphatic heterocycles. The molecule has 1 amide bonds. The summed E-state index contributed by atoms with van der Waals surface area (Å²) in [5, 5.41) is 3.87. The average Bonchev–Trinajstić information content (AvgIpc) is 3.13. The Morgan fingerprint density at radius 2 is 1.79 bits per heavy atom. The number of methoxy groups -OCH3 is 1. The van der Waals surface area contributed by atoms with Gasteiger partial charge in [0.25, 0.3) is 5.91 Å². The van der Waals surface area contributed by atoms with Crippen molar-refractivity contribution in [3.05, 3.63) is 71.0 Å². The molecule has 0 saturated carbocycles. The van der Waals surface area contributed by atoms with Crippen molar-refractivity contribution in [2.45, 2.75) is 19.7 Å². The van der Waals surface area contributed by atoms with Crippen LogP contribution in [0.5, 0.6) is 0 Å². The summed E-state index contributed by atoms with van der Waals surface area (Å²) in [6.45, 7) is 5.25. The van der Waals surface area contributed by atoms with E-state index in [1.807, 2.05) is 24.3 Å². The van der Waals surface area contributed by atoms with Gasteiger partial charge in [0, 0.05) is 44.2 Å². The molecule has 0 unspecified atom stereocenters. The Hall–Kier alpha value is -2.67. The van der Waals surface area contributed by atoms with Crippen molar-refractivity contribution in [1.29, 1.82) is 0 Å². The highest BCUT2D eigenvalue weighted by Gasteiger charge is 2.20. The largest absolute Gasteiger partial charge is 0.451 e. The zero-order valence-electron chi connectivity index (χ0n) is 16.6. The number of benzene rings is 2. The molecule has 0 radical (unpaired) electrons. The van der Waals surface area contributed by atoms with E-state index in [2.05, 4.69) is 34.5 Å². The van der Waals surface area contributed by atoms with Crippen LogP contribution in [0.4, 0.5) is 0 Å². The monoisotopic (exact) mass is 394 g/mol. The van der Waals surface area contributed by atoms with Crippen molar-refractivity contribution < 1.29 is 18.7 Å². The predicted octanol–water partition coefficient (Wildman–Crippen LogP) is 3.34. The van der Waals surface area contributed by atoms with E-state index in [1.165, 1.54) is 5.56 Å². The third-order valence-electron chi connectivity index (χ3n) is 5.18. The highest BCUT2D eigenvalue weighted by molar-refractivity contribution is 5.99. The SMILES string of the molecule is COCc1c(C(=O)NCc2ccc(CN3CCOCC3)cc2)oc2ccccc12. The first-order valence-corrected chi connectivity index (χ1v) is 9.90. The number of carbonyl (C=O) groups excluding carboxylic acids is 1. The van der Waals surface area contributed by atoms with Crippen LogP contribution in [0.25, 0.3) is 11.0 Å². The standard InChI is InChI=1S/C23H26N2O4/c1-27-16-20-19-4-2-3-5-21(19)29-22(20)23(26)24-14-17-6-8-18(9-7-17)15-25-10-12-28-13-11-25/h2-9H,10-16H2,1H3,(H,24,26). The third-order valence-corrected chi connectivity index (χ3v) is 5.18. The van der Waals surface area contributed by atoms with Gasteiger partial charge in [-0.05, 0) is 17.2 Å². The number of rotatable bonds is 7. The van der Waals surface area contributed by atoms with E-state index in [9.17, 15) is 4.79 Å². The number of hydrogen-bond acceptors (Lipinski definition) is 5. The maximum Gasteiger partial charge on any atom is 0.287 e. The summed E-state index contributed by atoms with van der Waals surface area (Å²) in [5.41, 5.74) is 3.79. The van der Waals surface area contributed by atoms with Crippen molar-refractivity contribution in [1.82, 2.24) is 10.2 Å². The second kappa shape index (κ2) is 9.22. The first-order chi connectivity index (χ1) is 14.2. The molecule has 1 saturated heterocycles. The zero-order chi connectivity index (χ0) is 20.1. The van der Waals surface area contributed by atoms with Crippen molar-refractivity contribution >= 4 is 16.9 Å². The minimum Gasteiger partial charge on any atom is -0.451 e. The summed E-state index contributed by atoms with van der Waals surface area (Å²) < 4.78 is 16.5. The molecule has 0 aliphatic carbocycles. The van der Waals surface area contributed by atoms with Crippen LogP contribution in [0.15, 0.2) is 52.9 Å². The van der Waals surface area contributed by atoms with Crippen LogP contribution < -0.4 is 5.32 Å².